The molecule has 1 atom stereocenters. The smallest absolute Gasteiger partial charge is 0.0380 e. The van der Waals surface area contributed by atoms with Crippen LogP contribution in [-0.2, 0) is 0 Å². The Labute approximate surface area is 99.6 Å². The van der Waals surface area contributed by atoms with Crippen LogP contribution < -0.4 is 10.6 Å². The van der Waals surface area contributed by atoms with Gasteiger partial charge in [-0.1, -0.05) is 15.9 Å². The van der Waals surface area contributed by atoms with Crippen molar-refractivity contribution in [3.63, 3.8) is 0 Å². The first-order chi connectivity index (χ1) is 7.19. The van der Waals surface area contributed by atoms with Gasteiger partial charge in [-0.25, -0.2) is 0 Å². The lowest BCUT2D eigenvalue weighted by atomic mass is 10.1. The molecule has 1 aliphatic heterocycles. The van der Waals surface area contributed by atoms with Gasteiger partial charge in [0.25, 0.3) is 0 Å². The maximum absolute atomic E-state index is 5.70. The molecule has 0 bridgehead atoms. The molecule has 2 rings (SSSR count). The molecule has 2 N–H and O–H groups in total. The summed E-state index contributed by atoms with van der Waals surface area (Å²) in [6, 6.07) is 6.57. The summed E-state index contributed by atoms with van der Waals surface area (Å²) in [5.74, 6) is 0.671. The SMILES string of the molecule is Cc1cc(Br)cc(N2CCC(CN)C2)c1. The lowest BCUT2D eigenvalue weighted by Crippen LogP contribution is -2.22. The molecule has 15 heavy (non-hydrogen) atoms. The Balaban J connectivity index is 2.16. The Bertz CT molecular complexity index is 331. The number of hydrogen-bond acceptors (Lipinski definition) is 2. The molecule has 1 heterocycles. The first-order valence-corrected chi connectivity index (χ1v) is 6.20. The third-order valence-corrected chi connectivity index (χ3v) is 3.47. The molecule has 1 aromatic carbocycles. The third kappa shape index (κ3) is 2.52. The molecule has 1 aliphatic rings. The largest absolute Gasteiger partial charge is 0.371 e. The van der Waals surface area contributed by atoms with Gasteiger partial charge < -0.3 is 10.6 Å². The zero-order chi connectivity index (χ0) is 10.8. The minimum absolute atomic E-state index is 0.671. The average Bonchev–Trinajstić information content (AvgIpc) is 2.64. The number of aryl methyl sites for hydroxylation is 1. The summed E-state index contributed by atoms with van der Waals surface area (Å²) in [5, 5.41) is 0. The van der Waals surface area contributed by atoms with Crippen molar-refractivity contribution in [1.29, 1.82) is 0 Å². The second-order valence-corrected chi connectivity index (χ2v) is 5.24. The first-order valence-electron chi connectivity index (χ1n) is 5.41. The Morgan fingerprint density at radius 2 is 2.27 bits per heavy atom. The van der Waals surface area contributed by atoms with Gasteiger partial charge in [0.05, 0.1) is 0 Å². The molecular weight excluding hydrogens is 252 g/mol. The van der Waals surface area contributed by atoms with E-state index in [4.69, 9.17) is 5.73 Å². The molecule has 0 aliphatic carbocycles. The summed E-state index contributed by atoms with van der Waals surface area (Å²) in [6.45, 7) is 5.18. The van der Waals surface area contributed by atoms with Crippen molar-refractivity contribution in [1.82, 2.24) is 0 Å². The van der Waals surface area contributed by atoms with Gasteiger partial charge in [0, 0.05) is 23.2 Å². The highest BCUT2D eigenvalue weighted by molar-refractivity contribution is 9.10. The Morgan fingerprint density at radius 1 is 1.47 bits per heavy atom. The second kappa shape index (κ2) is 4.54. The van der Waals surface area contributed by atoms with E-state index >= 15 is 0 Å². The van der Waals surface area contributed by atoms with Crippen LogP contribution in [0.25, 0.3) is 0 Å². The van der Waals surface area contributed by atoms with E-state index in [0.717, 1.165) is 24.1 Å². The Morgan fingerprint density at radius 3 is 2.87 bits per heavy atom. The zero-order valence-electron chi connectivity index (χ0n) is 9.04. The van der Waals surface area contributed by atoms with Crippen LogP contribution >= 0.6 is 15.9 Å². The monoisotopic (exact) mass is 268 g/mol. The van der Waals surface area contributed by atoms with Crippen molar-refractivity contribution in [3.05, 3.63) is 28.2 Å². The van der Waals surface area contributed by atoms with Crippen molar-refractivity contribution in [2.24, 2.45) is 11.7 Å². The van der Waals surface area contributed by atoms with Gasteiger partial charge in [-0.15, -0.1) is 0 Å². The van der Waals surface area contributed by atoms with Crippen LogP contribution in [0.5, 0.6) is 0 Å². The highest BCUT2D eigenvalue weighted by Gasteiger charge is 2.21. The molecular formula is C12H17BrN2. The van der Waals surface area contributed by atoms with Crippen LogP contribution in [0, 0.1) is 12.8 Å². The van der Waals surface area contributed by atoms with Gasteiger partial charge in [-0.2, -0.15) is 0 Å². The van der Waals surface area contributed by atoms with E-state index in [1.807, 2.05) is 0 Å². The van der Waals surface area contributed by atoms with Crippen LogP contribution in [0.15, 0.2) is 22.7 Å². The fourth-order valence-corrected chi connectivity index (χ4v) is 2.75. The second-order valence-electron chi connectivity index (χ2n) is 4.32. The third-order valence-electron chi connectivity index (χ3n) is 3.01. The maximum atomic E-state index is 5.70. The van der Waals surface area contributed by atoms with E-state index in [1.54, 1.807) is 0 Å². The molecule has 0 aromatic heterocycles. The Kier molecular flexibility index (Phi) is 3.32. The number of benzene rings is 1. The topological polar surface area (TPSA) is 29.3 Å². The summed E-state index contributed by atoms with van der Waals surface area (Å²) in [4.78, 5) is 2.43. The number of halogens is 1. The minimum atomic E-state index is 0.671. The fourth-order valence-electron chi connectivity index (χ4n) is 2.16. The van der Waals surface area contributed by atoms with E-state index < -0.39 is 0 Å². The predicted octanol–water partition coefficient (Wildman–Crippen LogP) is 2.54. The van der Waals surface area contributed by atoms with Crippen LogP contribution in [0.2, 0.25) is 0 Å². The summed E-state index contributed by atoms with van der Waals surface area (Å²) in [6.07, 6.45) is 1.22. The molecule has 82 valence electrons. The maximum Gasteiger partial charge on any atom is 0.0380 e. The number of nitrogens with zero attached hydrogens (tertiary/aromatic N) is 1. The van der Waals surface area contributed by atoms with Gasteiger partial charge in [-0.3, -0.25) is 0 Å². The lowest BCUT2D eigenvalue weighted by Gasteiger charge is -2.19. The number of rotatable bonds is 2. The molecule has 0 amide bonds. The molecule has 0 saturated carbocycles. The fraction of sp³-hybridized carbons (Fsp3) is 0.500. The van der Waals surface area contributed by atoms with Crippen molar-refractivity contribution in [2.75, 3.05) is 24.5 Å². The van der Waals surface area contributed by atoms with Crippen LogP contribution in [0.4, 0.5) is 5.69 Å². The van der Waals surface area contributed by atoms with Crippen molar-refractivity contribution >= 4 is 21.6 Å². The number of hydrogen-bond donors (Lipinski definition) is 1. The van der Waals surface area contributed by atoms with E-state index in [1.165, 1.54) is 17.7 Å². The van der Waals surface area contributed by atoms with Crippen LogP contribution in [0.3, 0.4) is 0 Å². The number of nitrogens with two attached hydrogens (primary N) is 1. The molecule has 1 fully saturated rings. The van der Waals surface area contributed by atoms with Crippen molar-refractivity contribution in [2.45, 2.75) is 13.3 Å². The van der Waals surface area contributed by atoms with E-state index in [9.17, 15) is 0 Å². The molecule has 1 saturated heterocycles. The summed E-state index contributed by atoms with van der Waals surface area (Å²) < 4.78 is 1.16. The zero-order valence-corrected chi connectivity index (χ0v) is 10.6. The van der Waals surface area contributed by atoms with Crippen LogP contribution in [-0.4, -0.2) is 19.6 Å². The van der Waals surface area contributed by atoms with Crippen LogP contribution in [0.1, 0.15) is 12.0 Å². The van der Waals surface area contributed by atoms with Crippen molar-refractivity contribution in [3.8, 4) is 0 Å². The van der Waals surface area contributed by atoms with Crippen molar-refractivity contribution < 1.29 is 0 Å². The molecule has 0 spiro atoms. The minimum Gasteiger partial charge on any atom is -0.371 e. The molecule has 0 radical (unpaired) electrons. The first kappa shape index (κ1) is 11.0. The molecule has 1 aromatic rings. The average molecular weight is 269 g/mol. The van der Waals surface area contributed by atoms with Gasteiger partial charge in [0.2, 0.25) is 0 Å². The van der Waals surface area contributed by atoms with Gasteiger partial charge in [0.1, 0.15) is 0 Å². The van der Waals surface area contributed by atoms with E-state index in [0.29, 0.717) is 5.92 Å². The highest BCUT2D eigenvalue weighted by atomic mass is 79.9. The quantitative estimate of drug-likeness (QED) is 0.894. The molecule has 2 nitrogen and oxygen atoms in total. The standard InChI is InChI=1S/C12H17BrN2/c1-9-4-11(13)6-12(5-9)15-3-2-10(7-14)8-15/h4-6,10H,2-3,7-8,14H2,1H3. The Hall–Kier alpha value is -0.540. The summed E-state index contributed by atoms with van der Waals surface area (Å²) in [5.41, 5.74) is 8.32. The highest BCUT2D eigenvalue weighted by Crippen LogP contribution is 2.27. The molecule has 3 heteroatoms. The predicted molar refractivity (Wildman–Crippen MR) is 68.3 cm³/mol. The van der Waals surface area contributed by atoms with Gasteiger partial charge >= 0.3 is 0 Å². The summed E-state index contributed by atoms with van der Waals surface area (Å²) in [7, 11) is 0. The van der Waals surface area contributed by atoms with E-state index in [2.05, 4.69) is 46.0 Å². The van der Waals surface area contributed by atoms with Gasteiger partial charge in [-0.05, 0) is 49.6 Å². The van der Waals surface area contributed by atoms with E-state index in [-0.39, 0.29) is 0 Å². The lowest BCUT2D eigenvalue weighted by molar-refractivity contribution is 0.602. The summed E-state index contributed by atoms with van der Waals surface area (Å²) >= 11 is 3.54. The number of anilines is 1. The normalized spacial score (nSPS) is 21.0. The van der Waals surface area contributed by atoms with Gasteiger partial charge in [0.15, 0.2) is 0 Å². The molecule has 1 unspecified atom stereocenters.